The SMILES string of the molecule is CC(C)n1cc(Br)cc1C(=O)Nc1ccc(Br)cc1. The molecule has 0 unspecified atom stereocenters. The van der Waals surface area contributed by atoms with Gasteiger partial charge in [-0.25, -0.2) is 0 Å². The second-order valence-electron chi connectivity index (χ2n) is 4.51. The predicted molar refractivity (Wildman–Crippen MR) is 84.6 cm³/mol. The van der Waals surface area contributed by atoms with Gasteiger partial charge in [0.2, 0.25) is 0 Å². The van der Waals surface area contributed by atoms with Crippen molar-refractivity contribution in [2.45, 2.75) is 19.9 Å². The fourth-order valence-corrected chi connectivity index (χ4v) is 2.48. The molecule has 100 valence electrons. The summed E-state index contributed by atoms with van der Waals surface area (Å²) in [6, 6.07) is 9.57. The van der Waals surface area contributed by atoms with Gasteiger partial charge in [0.15, 0.2) is 0 Å². The minimum atomic E-state index is -0.110. The number of rotatable bonds is 3. The number of carbonyl (C=O) groups excluding carboxylic acids is 1. The fraction of sp³-hybridized carbons (Fsp3) is 0.214. The number of anilines is 1. The molecular formula is C14H14Br2N2O. The lowest BCUT2D eigenvalue weighted by molar-refractivity contribution is 0.101. The molecule has 0 atom stereocenters. The average Bonchev–Trinajstić information content (AvgIpc) is 2.74. The number of halogens is 2. The summed E-state index contributed by atoms with van der Waals surface area (Å²) in [7, 11) is 0. The first-order chi connectivity index (χ1) is 8.97. The van der Waals surface area contributed by atoms with E-state index in [1.807, 2.05) is 54.9 Å². The lowest BCUT2D eigenvalue weighted by Gasteiger charge is -2.12. The first-order valence-electron chi connectivity index (χ1n) is 5.91. The molecule has 0 spiro atoms. The molecule has 2 aromatic rings. The largest absolute Gasteiger partial charge is 0.340 e. The summed E-state index contributed by atoms with van der Waals surface area (Å²) < 4.78 is 3.83. The second-order valence-corrected chi connectivity index (χ2v) is 6.34. The van der Waals surface area contributed by atoms with Crippen molar-refractivity contribution in [3.63, 3.8) is 0 Å². The molecule has 5 heteroatoms. The molecule has 1 amide bonds. The van der Waals surface area contributed by atoms with Crippen LogP contribution in [0.3, 0.4) is 0 Å². The zero-order valence-electron chi connectivity index (χ0n) is 10.7. The van der Waals surface area contributed by atoms with Crippen molar-refractivity contribution in [3.8, 4) is 0 Å². The molecule has 1 N–H and O–H groups in total. The van der Waals surface area contributed by atoms with Crippen LogP contribution in [-0.4, -0.2) is 10.5 Å². The van der Waals surface area contributed by atoms with Gasteiger partial charge in [0.25, 0.3) is 5.91 Å². The van der Waals surface area contributed by atoms with Crippen molar-refractivity contribution in [2.75, 3.05) is 5.32 Å². The van der Waals surface area contributed by atoms with Crippen LogP contribution in [0.15, 0.2) is 45.5 Å². The van der Waals surface area contributed by atoms with Crippen molar-refractivity contribution in [1.82, 2.24) is 4.57 Å². The molecule has 0 saturated carbocycles. The normalized spacial score (nSPS) is 10.8. The van der Waals surface area contributed by atoms with Crippen LogP contribution in [0.1, 0.15) is 30.4 Å². The Hall–Kier alpha value is -1.07. The summed E-state index contributed by atoms with van der Waals surface area (Å²) in [4.78, 5) is 12.3. The third kappa shape index (κ3) is 3.48. The maximum absolute atomic E-state index is 12.3. The summed E-state index contributed by atoms with van der Waals surface area (Å²) in [5.74, 6) is -0.110. The summed E-state index contributed by atoms with van der Waals surface area (Å²) in [5.41, 5.74) is 1.42. The first-order valence-corrected chi connectivity index (χ1v) is 7.50. The van der Waals surface area contributed by atoms with E-state index in [1.165, 1.54) is 0 Å². The Morgan fingerprint density at radius 3 is 2.37 bits per heavy atom. The minimum absolute atomic E-state index is 0.110. The zero-order valence-corrected chi connectivity index (χ0v) is 13.8. The van der Waals surface area contributed by atoms with E-state index in [2.05, 4.69) is 37.2 Å². The highest BCUT2D eigenvalue weighted by atomic mass is 79.9. The van der Waals surface area contributed by atoms with E-state index in [0.717, 1.165) is 14.6 Å². The van der Waals surface area contributed by atoms with Crippen LogP contribution in [0.2, 0.25) is 0 Å². The second kappa shape index (κ2) is 5.92. The number of benzene rings is 1. The molecule has 0 aliphatic carbocycles. The lowest BCUT2D eigenvalue weighted by Crippen LogP contribution is -2.17. The Morgan fingerprint density at radius 1 is 1.16 bits per heavy atom. The maximum Gasteiger partial charge on any atom is 0.272 e. The molecule has 2 rings (SSSR count). The third-order valence-corrected chi connectivity index (χ3v) is 3.67. The van der Waals surface area contributed by atoms with Crippen molar-refractivity contribution in [1.29, 1.82) is 0 Å². The highest BCUT2D eigenvalue weighted by Crippen LogP contribution is 2.21. The van der Waals surface area contributed by atoms with Gasteiger partial charge in [-0.3, -0.25) is 4.79 Å². The topological polar surface area (TPSA) is 34.0 Å². The third-order valence-electron chi connectivity index (χ3n) is 2.71. The molecule has 0 radical (unpaired) electrons. The summed E-state index contributed by atoms with van der Waals surface area (Å²) in [6.45, 7) is 4.09. The van der Waals surface area contributed by atoms with Gasteiger partial charge in [-0.2, -0.15) is 0 Å². The van der Waals surface area contributed by atoms with Gasteiger partial charge in [-0.15, -0.1) is 0 Å². The van der Waals surface area contributed by atoms with Crippen molar-refractivity contribution in [2.24, 2.45) is 0 Å². The number of amides is 1. The molecular weight excluding hydrogens is 372 g/mol. The van der Waals surface area contributed by atoms with Crippen LogP contribution in [0, 0.1) is 0 Å². The van der Waals surface area contributed by atoms with Gasteiger partial charge >= 0.3 is 0 Å². The molecule has 19 heavy (non-hydrogen) atoms. The quantitative estimate of drug-likeness (QED) is 0.805. The average molecular weight is 386 g/mol. The van der Waals surface area contributed by atoms with Crippen LogP contribution >= 0.6 is 31.9 Å². The van der Waals surface area contributed by atoms with Crippen molar-refractivity contribution >= 4 is 43.5 Å². The molecule has 1 aromatic carbocycles. The van der Waals surface area contributed by atoms with Crippen LogP contribution in [0.25, 0.3) is 0 Å². The van der Waals surface area contributed by atoms with E-state index in [0.29, 0.717) is 5.69 Å². The molecule has 1 aromatic heterocycles. The summed E-state index contributed by atoms with van der Waals surface area (Å²) >= 11 is 6.78. The lowest BCUT2D eigenvalue weighted by atomic mass is 10.3. The van der Waals surface area contributed by atoms with Gasteiger partial charge in [0.1, 0.15) is 5.69 Å². The van der Waals surface area contributed by atoms with Crippen molar-refractivity contribution < 1.29 is 4.79 Å². The number of hydrogen-bond acceptors (Lipinski definition) is 1. The van der Waals surface area contributed by atoms with Crippen LogP contribution < -0.4 is 5.32 Å². The van der Waals surface area contributed by atoms with Crippen LogP contribution in [-0.2, 0) is 0 Å². The molecule has 0 bridgehead atoms. The van der Waals surface area contributed by atoms with E-state index in [1.54, 1.807) is 0 Å². The Morgan fingerprint density at radius 2 is 1.79 bits per heavy atom. The van der Waals surface area contributed by atoms with Gasteiger partial charge in [-0.05, 0) is 60.1 Å². The number of nitrogens with zero attached hydrogens (tertiary/aromatic N) is 1. The molecule has 0 fully saturated rings. The van der Waals surface area contributed by atoms with Gasteiger partial charge in [-0.1, -0.05) is 15.9 Å². The minimum Gasteiger partial charge on any atom is -0.340 e. The Bertz CT molecular complexity index is 588. The zero-order chi connectivity index (χ0) is 14.0. The summed E-state index contributed by atoms with van der Waals surface area (Å²) in [5, 5.41) is 2.89. The van der Waals surface area contributed by atoms with E-state index in [9.17, 15) is 4.79 Å². The Balaban J connectivity index is 2.22. The standard InChI is InChI=1S/C14H14Br2N2O/c1-9(2)18-8-11(16)7-13(18)14(19)17-12-5-3-10(15)4-6-12/h3-9H,1-2H3,(H,17,19). The molecule has 3 nitrogen and oxygen atoms in total. The van der Waals surface area contributed by atoms with Gasteiger partial charge < -0.3 is 9.88 Å². The van der Waals surface area contributed by atoms with E-state index < -0.39 is 0 Å². The first kappa shape index (κ1) is 14.3. The van der Waals surface area contributed by atoms with E-state index >= 15 is 0 Å². The van der Waals surface area contributed by atoms with Gasteiger partial charge in [0.05, 0.1) is 0 Å². The van der Waals surface area contributed by atoms with Crippen LogP contribution in [0.5, 0.6) is 0 Å². The van der Waals surface area contributed by atoms with E-state index in [4.69, 9.17) is 0 Å². The number of nitrogens with one attached hydrogen (secondary N) is 1. The van der Waals surface area contributed by atoms with Gasteiger partial charge in [0, 0.05) is 26.9 Å². The Kier molecular flexibility index (Phi) is 4.47. The fourth-order valence-electron chi connectivity index (χ4n) is 1.78. The Labute approximate surface area is 129 Å². The molecule has 0 aliphatic heterocycles. The predicted octanol–water partition coefficient (Wildman–Crippen LogP) is 4.85. The summed E-state index contributed by atoms with van der Waals surface area (Å²) in [6.07, 6.45) is 1.92. The highest BCUT2D eigenvalue weighted by molar-refractivity contribution is 9.10. The van der Waals surface area contributed by atoms with Crippen molar-refractivity contribution in [3.05, 3.63) is 51.2 Å². The highest BCUT2D eigenvalue weighted by Gasteiger charge is 2.15. The van der Waals surface area contributed by atoms with Crippen LogP contribution in [0.4, 0.5) is 5.69 Å². The smallest absolute Gasteiger partial charge is 0.272 e. The van der Waals surface area contributed by atoms with E-state index in [-0.39, 0.29) is 11.9 Å². The molecule has 0 saturated heterocycles. The maximum atomic E-state index is 12.3. The number of hydrogen-bond donors (Lipinski definition) is 1. The molecule has 1 heterocycles. The monoisotopic (exact) mass is 384 g/mol. The number of carbonyl (C=O) groups is 1. The number of aromatic nitrogens is 1. The molecule has 0 aliphatic rings.